The first kappa shape index (κ1) is 11.5. The summed E-state index contributed by atoms with van der Waals surface area (Å²) in [5.74, 6) is 0.594. The number of nitrogens with one attached hydrogen (secondary N) is 1. The van der Waals surface area contributed by atoms with E-state index in [0.717, 1.165) is 25.9 Å². The zero-order valence-corrected chi connectivity index (χ0v) is 8.99. The van der Waals surface area contributed by atoms with Crippen LogP contribution >= 0.6 is 0 Å². The van der Waals surface area contributed by atoms with Crippen molar-refractivity contribution in [3.05, 3.63) is 0 Å². The summed E-state index contributed by atoms with van der Waals surface area (Å²) in [5, 5.41) is 11.8. The molecule has 14 heavy (non-hydrogen) atoms. The average molecular weight is 200 g/mol. The number of hydrogen-bond acceptors (Lipinski definition) is 3. The van der Waals surface area contributed by atoms with Gasteiger partial charge in [0.15, 0.2) is 0 Å². The van der Waals surface area contributed by atoms with Crippen molar-refractivity contribution in [2.75, 3.05) is 26.7 Å². The molecule has 0 radical (unpaired) electrons. The van der Waals surface area contributed by atoms with Crippen LogP contribution < -0.4 is 5.32 Å². The summed E-state index contributed by atoms with van der Waals surface area (Å²) < 4.78 is 0. The zero-order chi connectivity index (χ0) is 10.6. The van der Waals surface area contributed by atoms with Crippen molar-refractivity contribution in [2.45, 2.75) is 25.8 Å². The highest BCUT2D eigenvalue weighted by molar-refractivity contribution is 5.83. The molecule has 0 aromatic heterocycles. The molecule has 4 heteroatoms. The summed E-state index contributed by atoms with van der Waals surface area (Å²) in [6.45, 7) is 3.90. The van der Waals surface area contributed by atoms with Crippen LogP contribution in [0.4, 0.5) is 0 Å². The molecule has 1 heterocycles. The Kier molecular flexibility index (Phi) is 4.35. The molecule has 0 aliphatic carbocycles. The van der Waals surface area contributed by atoms with Crippen LogP contribution in [0.1, 0.15) is 19.8 Å². The molecule has 0 saturated carbocycles. The minimum Gasteiger partial charge on any atom is -0.396 e. The molecular weight excluding hydrogens is 180 g/mol. The SMILES string of the molecule is CNC1CCN(CC(C)CCO)C1=O. The minimum absolute atomic E-state index is 0.0105. The fourth-order valence-electron chi connectivity index (χ4n) is 1.88. The molecule has 1 aliphatic rings. The van der Waals surface area contributed by atoms with Gasteiger partial charge in [0.1, 0.15) is 0 Å². The van der Waals surface area contributed by atoms with E-state index in [1.54, 1.807) is 0 Å². The number of nitrogens with zero attached hydrogens (tertiary/aromatic N) is 1. The lowest BCUT2D eigenvalue weighted by Gasteiger charge is -2.20. The number of likely N-dealkylation sites (N-methyl/N-ethyl adjacent to an activating group) is 1. The zero-order valence-electron chi connectivity index (χ0n) is 8.99. The van der Waals surface area contributed by atoms with E-state index in [0.29, 0.717) is 5.92 Å². The highest BCUT2D eigenvalue weighted by atomic mass is 16.3. The molecule has 1 rings (SSSR count). The number of carbonyl (C=O) groups is 1. The van der Waals surface area contributed by atoms with E-state index in [-0.39, 0.29) is 18.6 Å². The summed E-state index contributed by atoms with van der Waals surface area (Å²) >= 11 is 0. The first-order valence-corrected chi connectivity index (χ1v) is 5.26. The number of hydrogen-bond donors (Lipinski definition) is 2. The lowest BCUT2D eigenvalue weighted by Crippen LogP contribution is -2.38. The van der Waals surface area contributed by atoms with Crippen molar-refractivity contribution < 1.29 is 9.90 Å². The Hall–Kier alpha value is -0.610. The first-order valence-electron chi connectivity index (χ1n) is 5.26. The maximum atomic E-state index is 11.7. The molecule has 1 saturated heterocycles. The summed E-state index contributed by atoms with van der Waals surface area (Å²) in [5.41, 5.74) is 0. The van der Waals surface area contributed by atoms with Gasteiger partial charge in [-0.1, -0.05) is 6.92 Å². The van der Waals surface area contributed by atoms with E-state index in [2.05, 4.69) is 12.2 Å². The predicted octanol–water partition coefficient (Wildman–Crippen LogP) is -0.175. The smallest absolute Gasteiger partial charge is 0.239 e. The lowest BCUT2D eigenvalue weighted by atomic mass is 10.1. The van der Waals surface area contributed by atoms with Gasteiger partial charge < -0.3 is 15.3 Å². The Labute approximate surface area is 85.3 Å². The maximum Gasteiger partial charge on any atom is 0.239 e. The summed E-state index contributed by atoms with van der Waals surface area (Å²) in [4.78, 5) is 13.6. The third-order valence-corrected chi connectivity index (χ3v) is 2.80. The van der Waals surface area contributed by atoms with Gasteiger partial charge >= 0.3 is 0 Å². The van der Waals surface area contributed by atoms with E-state index >= 15 is 0 Å². The normalized spacial score (nSPS) is 24.4. The number of aliphatic hydroxyl groups is 1. The molecular formula is C10H20N2O2. The molecule has 1 amide bonds. The highest BCUT2D eigenvalue weighted by Crippen LogP contribution is 2.14. The molecule has 1 fully saturated rings. The van der Waals surface area contributed by atoms with Crippen molar-refractivity contribution in [1.29, 1.82) is 0 Å². The number of rotatable bonds is 5. The Morgan fingerprint density at radius 1 is 1.71 bits per heavy atom. The molecule has 2 N–H and O–H groups in total. The number of amides is 1. The fourth-order valence-corrected chi connectivity index (χ4v) is 1.88. The maximum absolute atomic E-state index is 11.7. The van der Waals surface area contributed by atoms with Gasteiger partial charge in [-0.15, -0.1) is 0 Å². The van der Waals surface area contributed by atoms with Gasteiger partial charge in [0.05, 0.1) is 6.04 Å². The second kappa shape index (κ2) is 5.32. The molecule has 1 aliphatic heterocycles. The Bertz CT molecular complexity index is 197. The quantitative estimate of drug-likeness (QED) is 0.647. The van der Waals surface area contributed by atoms with Crippen LogP contribution in [0.15, 0.2) is 0 Å². The number of carbonyl (C=O) groups excluding carboxylic acids is 1. The van der Waals surface area contributed by atoms with Crippen LogP contribution in [0, 0.1) is 5.92 Å². The van der Waals surface area contributed by atoms with Gasteiger partial charge in [-0.2, -0.15) is 0 Å². The van der Waals surface area contributed by atoms with Gasteiger partial charge in [0.2, 0.25) is 5.91 Å². The van der Waals surface area contributed by atoms with Gasteiger partial charge in [0.25, 0.3) is 0 Å². The number of aliphatic hydroxyl groups excluding tert-OH is 1. The number of likely N-dealkylation sites (tertiary alicyclic amines) is 1. The monoisotopic (exact) mass is 200 g/mol. The van der Waals surface area contributed by atoms with Crippen LogP contribution in [0.3, 0.4) is 0 Å². The topological polar surface area (TPSA) is 52.6 Å². The van der Waals surface area contributed by atoms with Crippen molar-refractivity contribution >= 4 is 5.91 Å². The van der Waals surface area contributed by atoms with E-state index in [4.69, 9.17) is 5.11 Å². The van der Waals surface area contributed by atoms with Gasteiger partial charge in [-0.25, -0.2) is 0 Å². The summed E-state index contributed by atoms with van der Waals surface area (Å²) in [6.07, 6.45) is 1.68. The van der Waals surface area contributed by atoms with Gasteiger partial charge in [-0.3, -0.25) is 4.79 Å². The molecule has 2 atom stereocenters. The second-order valence-corrected chi connectivity index (χ2v) is 4.03. The van der Waals surface area contributed by atoms with Gasteiger partial charge in [-0.05, 0) is 25.8 Å². The van der Waals surface area contributed by atoms with Crippen LogP contribution in [0.2, 0.25) is 0 Å². The molecule has 0 aromatic rings. The van der Waals surface area contributed by atoms with Gasteiger partial charge in [0, 0.05) is 19.7 Å². The van der Waals surface area contributed by atoms with Crippen LogP contribution in [0.5, 0.6) is 0 Å². The van der Waals surface area contributed by atoms with Crippen LogP contribution in [-0.2, 0) is 4.79 Å². The fraction of sp³-hybridized carbons (Fsp3) is 0.900. The third-order valence-electron chi connectivity index (χ3n) is 2.80. The predicted molar refractivity (Wildman–Crippen MR) is 54.9 cm³/mol. The van der Waals surface area contributed by atoms with E-state index in [1.165, 1.54) is 0 Å². The molecule has 2 unspecified atom stereocenters. The van der Waals surface area contributed by atoms with E-state index in [9.17, 15) is 4.79 Å². The van der Waals surface area contributed by atoms with Crippen LogP contribution in [-0.4, -0.2) is 48.7 Å². The first-order chi connectivity index (χ1) is 6.69. The molecule has 0 bridgehead atoms. The van der Waals surface area contributed by atoms with Crippen molar-refractivity contribution in [1.82, 2.24) is 10.2 Å². The van der Waals surface area contributed by atoms with Crippen LogP contribution in [0.25, 0.3) is 0 Å². The highest BCUT2D eigenvalue weighted by Gasteiger charge is 2.30. The van der Waals surface area contributed by atoms with Crippen molar-refractivity contribution in [3.8, 4) is 0 Å². The largest absolute Gasteiger partial charge is 0.396 e. The van der Waals surface area contributed by atoms with Crippen molar-refractivity contribution in [3.63, 3.8) is 0 Å². The summed E-state index contributed by atoms with van der Waals surface area (Å²) in [6, 6.07) is 0.0105. The standard InChI is InChI=1S/C10H20N2O2/c1-8(4-6-13)7-12-5-3-9(11-2)10(12)14/h8-9,11,13H,3-7H2,1-2H3. The lowest BCUT2D eigenvalue weighted by molar-refractivity contribution is -0.129. The Morgan fingerprint density at radius 2 is 2.43 bits per heavy atom. The molecule has 0 aromatic carbocycles. The van der Waals surface area contributed by atoms with E-state index in [1.807, 2.05) is 11.9 Å². The minimum atomic E-state index is 0.0105. The molecule has 82 valence electrons. The molecule has 4 nitrogen and oxygen atoms in total. The molecule has 0 spiro atoms. The average Bonchev–Trinajstić information content (AvgIpc) is 2.48. The Balaban J connectivity index is 2.36. The Morgan fingerprint density at radius 3 is 2.93 bits per heavy atom. The second-order valence-electron chi connectivity index (χ2n) is 4.03. The summed E-state index contributed by atoms with van der Waals surface area (Å²) in [7, 11) is 1.82. The third kappa shape index (κ3) is 2.69. The van der Waals surface area contributed by atoms with Crippen molar-refractivity contribution in [2.24, 2.45) is 5.92 Å². The van der Waals surface area contributed by atoms with E-state index < -0.39 is 0 Å².